The van der Waals surface area contributed by atoms with Crippen molar-refractivity contribution in [3.05, 3.63) is 33.8 Å². The molecule has 2 nitrogen and oxygen atoms in total. The van der Waals surface area contributed by atoms with Gasteiger partial charge in [0.25, 0.3) is 5.91 Å². The van der Waals surface area contributed by atoms with Crippen molar-refractivity contribution in [2.75, 3.05) is 13.6 Å². The van der Waals surface area contributed by atoms with Gasteiger partial charge in [0.15, 0.2) is 0 Å². The van der Waals surface area contributed by atoms with Crippen LogP contribution in [0, 0.1) is 5.92 Å². The largest absolute Gasteiger partial charge is 0.341 e. The number of carbonyl (C=O) groups is 1. The quantitative estimate of drug-likeness (QED) is 0.818. The summed E-state index contributed by atoms with van der Waals surface area (Å²) in [5.41, 5.74) is 0.487. The topological polar surface area (TPSA) is 20.3 Å². The zero-order chi connectivity index (χ0) is 12.4. The molecule has 1 aliphatic rings. The standard InChI is InChI=1S/C13H15Cl2NO/c1-16(8-9-4-2-5-9)13(17)10-6-3-7-11(14)12(10)15/h3,6-7,9H,2,4-5,8H2,1H3. The van der Waals surface area contributed by atoms with Gasteiger partial charge >= 0.3 is 0 Å². The monoisotopic (exact) mass is 271 g/mol. The fourth-order valence-electron chi connectivity index (χ4n) is 2.02. The summed E-state index contributed by atoms with van der Waals surface area (Å²) in [6, 6.07) is 5.15. The van der Waals surface area contributed by atoms with Crippen molar-refractivity contribution in [3.63, 3.8) is 0 Å². The van der Waals surface area contributed by atoms with Crippen molar-refractivity contribution in [2.45, 2.75) is 19.3 Å². The van der Waals surface area contributed by atoms with Gasteiger partial charge in [-0.25, -0.2) is 0 Å². The zero-order valence-electron chi connectivity index (χ0n) is 9.75. The van der Waals surface area contributed by atoms with E-state index in [9.17, 15) is 4.79 Å². The predicted octanol–water partition coefficient (Wildman–Crippen LogP) is 3.87. The highest BCUT2D eigenvalue weighted by atomic mass is 35.5. The van der Waals surface area contributed by atoms with E-state index in [2.05, 4.69) is 0 Å². The van der Waals surface area contributed by atoms with Crippen LogP contribution in [0.4, 0.5) is 0 Å². The minimum Gasteiger partial charge on any atom is -0.341 e. The minimum atomic E-state index is -0.0515. The van der Waals surface area contributed by atoms with Crippen LogP contribution in [0.2, 0.25) is 10.0 Å². The van der Waals surface area contributed by atoms with E-state index in [1.807, 2.05) is 7.05 Å². The van der Waals surface area contributed by atoms with Crippen LogP contribution in [0.25, 0.3) is 0 Å². The number of carbonyl (C=O) groups excluding carboxylic acids is 1. The van der Waals surface area contributed by atoms with E-state index < -0.39 is 0 Å². The van der Waals surface area contributed by atoms with Crippen LogP contribution in [0.1, 0.15) is 29.6 Å². The van der Waals surface area contributed by atoms with E-state index in [1.165, 1.54) is 19.3 Å². The number of rotatable bonds is 3. The summed E-state index contributed by atoms with van der Waals surface area (Å²) >= 11 is 11.9. The van der Waals surface area contributed by atoms with Gasteiger partial charge in [0, 0.05) is 13.6 Å². The van der Waals surface area contributed by atoms with Crippen LogP contribution in [0.5, 0.6) is 0 Å². The molecule has 1 aliphatic carbocycles. The second-order valence-corrected chi connectivity index (χ2v) is 5.37. The number of benzene rings is 1. The lowest BCUT2D eigenvalue weighted by molar-refractivity contribution is 0.0745. The number of amides is 1. The Bertz CT molecular complexity index is 429. The number of hydrogen-bond donors (Lipinski definition) is 0. The van der Waals surface area contributed by atoms with Crippen LogP contribution in [-0.4, -0.2) is 24.4 Å². The predicted molar refractivity (Wildman–Crippen MR) is 70.8 cm³/mol. The minimum absolute atomic E-state index is 0.0515. The van der Waals surface area contributed by atoms with Crippen molar-refractivity contribution in [2.24, 2.45) is 5.92 Å². The van der Waals surface area contributed by atoms with E-state index in [0.29, 0.717) is 21.5 Å². The molecule has 0 radical (unpaired) electrons. The normalized spacial score (nSPS) is 15.5. The second kappa shape index (κ2) is 5.28. The molecule has 92 valence electrons. The van der Waals surface area contributed by atoms with Crippen LogP contribution < -0.4 is 0 Å². The fourth-order valence-corrected chi connectivity index (χ4v) is 2.40. The maximum atomic E-state index is 12.2. The van der Waals surface area contributed by atoms with Gasteiger partial charge in [0.05, 0.1) is 15.6 Å². The average molecular weight is 272 g/mol. The Balaban J connectivity index is 2.09. The molecular weight excluding hydrogens is 257 g/mol. The zero-order valence-corrected chi connectivity index (χ0v) is 11.3. The molecule has 1 aromatic carbocycles. The summed E-state index contributed by atoms with van der Waals surface area (Å²) in [5.74, 6) is 0.603. The third-order valence-corrected chi connectivity index (χ3v) is 4.10. The molecule has 2 rings (SSSR count). The van der Waals surface area contributed by atoms with Crippen LogP contribution in [0.3, 0.4) is 0 Å². The Morgan fingerprint density at radius 3 is 2.71 bits per heavy atom. The number of halogens is 2. The Hall–Kier alpha value is -0.730. The van der Waals surface area contributed by atoms with E-state index in [-0.39, 0.29) is 5.91 Å². The smallest absolute Gasteiger partial charge is 0.255 e. The highest BCUT2D eigenvalue weighted by Crippen LogP contribution is 2.29. The first-order chi connectivity index (χ1) is 8.09. The van der Waals surface area contributed by atoms with Gasteiger partial charge in [0.2, 0.25) is 0 Å². The van der Waals surface area contributed by atoms with Gasteiger partial charge in [-0.05, 0) is 30.9 Å². The average Bonchev–Trinajstić information content (AvgIpc) is 2.26. The summed E-state index contributed by atoms with van der Waals surface area (Å²) in [4.78, 5) is 13.9. The molecule has 0 unspecified atom stereocenters. The summed E-state index contributed by atoms with van der Waals surface area (Å²) in [7, 11) is 1.82. The lowest BCUT2D eigenvalue weighted by Gasteiger charge is -2.30. The highest BCUT2D eigenvalue weighted by Gasteiger charge is 2.23. The van der Waals surface area contributed by atoms with Crippen molar-refractivity contribution < 1.29 is 4.79 Å². The summed E-state index contributed by atoms with van der Waals surface area (Å²) in [6.45, 7) is 0.807. The molecule has 1 aromatic rings. The van der Waals surface area contributed by atoms with Gasteiger partial charge in [-0.2, -0.15) is 0 Å². The molecule has 0 heterocycles. The molecule has 0 aliphatic heterocycles. The molecule has 1 fully saturated rings. The van der Waals surface area contributed by atoms with Crippen molar-refractivity contribution in [1.29, 1.82) is 0 Å². The second-order valence-electron chi connectivity index (χ2n) is 4.58. The maximum absolute atomic E-state index is 12.2. The van der Waals surface area contributed by atoms with Gasteiger partial charge in [-0.15, -0.1) is 0 Å². The molecule has 0 atom stereocenters. The van der Waals surface area contributed by atoms with Crippen molar-refractivity contribution >= 4 is 29.1 Å². The molecule has 0 spiro atoms. The first kappa shape index (κ1) is 12.7. The number of nitrogens with zero attached hydrogens (tertiary/aromatic N) is 1. The van der Waals surface area contributed by atoms with Crippen molar-refractivity contribution in [3.8, 4) is 0 Å². The first-order valence-corrected chi connectivity index (χ1v) is 6.54. The summed E-state index contributed by atoms with van der Waals surface area (Å²) in [5, 5.41) is 0.772. The Labute approximate surface area is 112 Å². The summed E-state index contributed by atoms with van der Waals surface area (Å²) < 4.78 is 0. The molecule has 0 N–H and O–H groups in total. The molecular formula is C13H15Cl2NO. The molecule has 4 heteroatoms. The van der Waals surface area contributed by atoms with Gasteiger partial charge in [-0.3, -0.25) is 4.79 Å². The molecule has 1 saturated carbocycles. The van der Waals surface area contributed by atoms with Crippen molar-refractivity contribution in [1.82, 2.24) is 4.90 Å². The van der Waals surface area contributed by atoms with Crippen LogP contribution in [-0.2, 0) is 0 Å². The lowest BCUT2D eigenvalue weighted by Crippen LogP contribution is -2.34. The third-order valence-electron chi connectivity index (χ3n) is 3.29. The van der Waals surface area contributed by atoms with E-state index in [0.717, 1.165) is 6.54 Å². The first-order valence-electron chi connectivity index (χ1n) is 5.79. The molecule has 0 saturated heterocycles. The lowest BCUT2D eigenvalue weighted by atomic mass is 9.85. The van der Waals surface area contributed by atoms with E-state index in [1.54, 1.807) is 23.1 Å². The molecule has 0 bridgehead atoms. The van der Waals surface area contributed by atoms with Gasteiger partial charge < -0.3 is 4.90 Å². The fraction of sp³-hybridized carbons (Fsp3) is 0.462. The molecule has 0 aromatic heterocycles. The third kappa shape index (κ3) is 2.75. The van der Waals surface area contributed by atoms with E-state index >= 15 is 0 Å². The Morgan fingerprint density at radius 1 is 1.41 bits per heavy atom. The number of hydrogen-bond acceptors (Lipinski definition) is 1. The van der Waals surface area contributed by atoms with Crippen LogP contribution >= 0.6 is 23.2 Å². The maximum Gasteiger partial charge on any atom is 0.255 e. The Morgan fingerprint density at radius 2 is 2.12 bits per heavy atom. The molecule has 17 heavy (non-hydrogen) atoms. The van der Waals surface area contributed by atoms with Crippen LogP contribution in [0.15, 0.2) is 18.2 Å². The summed E-state index contributed by atoms with van der Waals surface area (Å²) in [6.07, 6.45) is 3.73. The SMILES string of the molecule is CN(CC1CCC1)C(=O)c1cccc(Cl)c1Cl. The Kier molecular flexibility index (Phi) is 3.95. The highest BCUT2D eigenvalue weighted by molar-refractivity contribution is 6.43. The van der Waals surface area contributed by atoms with Gasteiger partial charge in [0.1, 0.15) is 0 Å². The van der Waals surface area contributed by atoms with Gasteiger partial charge in [-0.1, -0.05) is 35.7 Å². The molecule has 1 amide bonds. The van der Waals surface area contributed by atoms with E-state index in [4.69, 9.17) is 23.2 Å².